The van der Waals surface area contributed by atoms with Crippen molar-refractivity contribution in [1.82, 2.24) is 4.98 Å². The number of benzene rings is 1. The van der Waals surface area contributed by atoms with E-state index in [9.17, 15) is 9.18 Å². The summed E-state index contributed by atoms with van der Waals surface area (Å²) in [6.45, 7) is -0.0571. The van der Waals surface area contributed by atoms with Crippen molar-refractivity contribution >= 4 is 5.97 Å². The SMILES string of the molecule is N#Cc1cc(COc2c(F)cccc2C(=O)O)ccn1. The Morgan fingerprint density at radius 2 is 2.25 bits per heavy atom. The molecule has 0 aliphatic rings. The Balaban J connectivity index is 2.23. The number of para-hydroxylation sites is 1. The molecule has 2 rings (SSSR count). The van der Waals surface area contributed by atoms with Crippen LogP contribution in [0.2, 0.25) is 0 Å². The van der Waals surface area contributed by atoms with Gasteiger partial charge in [-0.1, -0.05) is 6.07 Å². The molecule has 1 aromatic carbocycles. The highest BCUT2D eigenvalue weighted by Crippen LogP contribution is 2.23. The standard InChI is InChI=1S/C14H9FN2O3/c15-12-3-1-2-11(14(18)19)13(12)20-8-9-4-5-17-10(6-9)7-16/h1-6H,8H2,(H,18,19). The molecule has 0 saturated heterocycles. The number of carboxylic acids is 1. The third-order valence-corrected chi connectivity index (χ3v) is 2.52. The Hall–Kier alpha value is -2.94. The number of ether oxygens (including phenoxy) is 1. The second-order valence-corrected chi connectivity index (χ2v) is 3.87. The van der Waals surface area contributed by atoms with Gasteiger partial charge >= 0.3 is 5.97 Å². The number of aromatic nitrogens is 1. The van der Waals surface area contributed by atoms with Crippen LogP contribution < -0.4 is 4.74 Å². The third kappa shape index (κ3) is 2.90. The zero-order chi connectivity index (χ0) is 14.5. The Kier molecular flexibility index (Phi) is 3.91. The van der Waals surface area contributed by atoms with E-state index in [2.05, 4.69) is 4.98 Å². The zero-order valence-electron chi connectivity index (χ0n) is 10.2. The van der Waals surface area contributed by atoms with Crippen molar-refractivity contribution in [1.29, 1.82) is 5.26 Å². The van der Waals surface area contributed by atoms with Crippen molar-refractivity contribution < 1.29 is 19.0 Å². The fourth-order valence-corrected chi connectivity index (χ4v) is 1.60. The van der Waals surface area contributed by atoms with E-state index in [1.165, 1.54) is 24.4 Å². The highest BCUT2D eigenvalue weighted by atomic mass is 19.1. The number of aromatic carboxylic acids is 1. The maximum atomic E-state index is 13.6. The van der Waals surface area contributed by atoms with Gasteiger partial charge in [0.15, 0.2) is 11.6 Å². The van der Waals surface area contributed by atoms with Gasteiger partial charge in [-0.15, -0.1) is 0 Å². The number of halogens is 1. The molecule has 0 aliphatic carbocycles. The lowest BCUT2D eigenvalue weighted by molar-refractivity contribution is 0.0690. The highest BCUT2D eigenvalue weighted by Gasteiger charge is 2.15. The number of carbonyl (C=O) groups is 1. The molecule has 100 valence electrons. The summed E-state index contributed by atoms with van der Waals surface area (Å²) < 4.78 is 18.8. The molecule has 6 heteroatoms. The zero-order valence-corrected chi connectivity index (χ0v) is 10.2. The van der Waals surface area contributed by atoms with Crippen LogP contribution in [-0.4, -0.2) is 16.1 Å². The lowest BCUT2D eigenvalue weighted by Crippen LogP contribution is -2.05. The maximum Gasteiger partial charge on any atom is 0.339 e. The molecule has 0 bridgehead atoms. The Morgan fingerprint density at radius 1 is 1.45 bits per heavy atom. The molecular weight excluding hydrogens is 263 g/mol. The largest absolute Gasteiger partial charge is 0.485 e. The van der Waals surface area contributed by atoms with Crippen molar-refractivity contribution in [2.45, 2.75) is 6.61 Å². The van der Waals surface area contributed by atoms with E-state index in [1.54, 1.807) is 6.07 Å². The maximum absolute atomic E-state index is 13.6. The summed E-state index contributed by atoms with van der Waals surface area (Å²) in [5.41, 5.74) is 0.550. The summed E-state index contributed by atoms with van der Waals surface area (Å²) in [5.74, 6) is -2.35. The Labute approximate surface area is 113 Å². The van der Waals surface area contributed by atoms with Crippen molar-refractivity contribution in [3.8, 4) is 11.8 Å². The quantitative estimate of drug-likeness (QED) is 0.923. The lowest BCUT2D eigenvalue weighted by Gasteiger charge is -2.10. The Bertz CT molecular complexity index is 695. The molecule has 0 saturated carbocycles. The van der Waals surface area contributed by atoms with E-state index >= 15 is 0 Å². The van der Waals surface area contributed by atoms with Gasteiger partial charge in [0.2, 0.25) is 0 Å². The third-order valence-electron chi connectivity index (χ3n) is 2.52. The molecule has 2 aromatic rings. The van der Waals surface area contributed by atoms with Crippen LogP contribution in [0.1, 0.15) is 21.6 Å². The number of rotatable bonds is 4. The van der Waals surface area contributed by atoms with Crippen LogP contribution in [-0.2, 0) is 6.61 Å². The first-order valence-corrected chi connectivity index (χ1v) is 5.61. The minimum atomic E-state index is -1.27. The first-order valence-electron chi connectivity index (χ1n) is 5.61. The molecule has 1 heterocycles. The van der Waals surface area contributed by atoms with Crippen molar-refractivity contribution in [3.63, 3.8) is 0 Å². The molecule has 0 atom stereocenters. The van der Waals surface area contributed by atoms with Gasteiger partial charge in [-0.3, -0.25) is 0 Å². The molecule has 0 fully saturated rings. The predicted molar refractivity (Wildman–Crippen MR) is 66.6 cm³/mol. The number of nitriles is 1. The second kappa shape index (κ2) is 5.80. The highest BCUT2D eigenvalue weighted by molar-refractivity contribution is 5.90. The summed E-state index contributed by atoms with van der Waals surface area (Å²) >= 11 is 0. The first kappa shape index (κ1) is 13.5. The molecule has 20 heavy (non-hydrogen) atoms. The van der Waals surface area contributed by atoms with E-state index in [-0.39, 0.29) is 23.6 Å². The van der Waals surface area contributed by atoms with Crippen LogP contribution in [0.5, 0.6) is 5.75 Å². The number of nitrogens with zero attached hydrogens (tertiary/aromatic N) is 2. The van der Waals surface area contributed by atoms with Crippen molar-refractivity contribution in [3.05, 3.63) is 59.2 Å². The molecule has 0 radical (unpaired) electrons. The predicted octanol–water partition coefficient (Wildman–Crippen LogP) is 2.37. The molecule has 5 nitrogen and oxygen atoms in total. The van der Waals surface area contributed by atoms with Gasteiger partial charge in [0.1, 0.15) is 23.9 Å². The van der Waals surface area contributed by atoms with Crippen LogP contribution in [0, 0.1) is 17.1 Å². The van der Waals surface area contributed by atoms with Gasteiger partial charge in [-0.05, 0) is 29.8 Å². The van der Waals surface area contributed by atoms with E-state index in [0.717, 1.165) is 6.07 Å². The summed E-state index contributed by atoms with van der Waals surface area (Å²) in [7, 11) is 0. The van der Waals surface area contributed by atoms with Gasteiger partial charge < -0.3 is 9.84 Å². The summed E-state index contributed by atoms with van der Waals surface area (Å²) in [4.78, 5) is 14.8. The molecule has 0 unspecified atom stereocenters. The van der Waals surface area contributed by atoms with Crippen LogP contribution in [0.4, 0.5) is 4.39 Å². The number of pyridine rings is 1. The smallest absolute Gasteiger partial charge is 0.339 e. The molecule has 0 amide bonds. The van der Waals surface area contributed by atoms with Crippen LogP contribution in [0.25, 0.3) is 0 Å². The molecular formula is C14H9FN2O3. The summed E-state index contributed by atoms with van der Waals surface area (Å²) in [5, 5.41) is 17.7. The summed E-state index contributed by atoms with van der Waals surface area (Å²) in [6, 6.07) is 8.63. The van der Waals surface area contributed by atoms with Crippen LogP contribution >= 0.6 is 0 Å². The lowest BCUT2D eigenvalue weighted by atomic mass is 10.2. The number of hydrogen-bond acceptors (Lipinski definition) is 4. The number of carboxylic acid groups (broad SMARTS) is 1. The second-order valence-electron chi connectivity index (χ2n) is 3.87. The fraction of sp³-hybridized carbons (Fsp3) is 0.0714. The van der Waals surface area contributed by atoms with E-state index in [4.69, 9.17) is 15.1 Å². The topological polar surface area (TPSA) is 83.2 Å². The molecule has 0 aliphatic heterocycles. The van der Waals surface area contributed by atoms with Crippen LogP contribution in [0.15, 0.2) is 36.5 Å². The van der Waals surface area contributed by atoms with E-state index < -0.39 is 11.8 Å². The van der Waals surface area contributed by atoms with Crippen molar-refractivity contribution in [2.24, 2.45) is 0 Å². The van der Waals surface area contributed by atoms with E-state index in [1.807, 2.05) is 6.07 Å². The molecule has 1 N–H and O–H groups in total. The first-order chi connectivity index (χ1) is 9.61. The van der Waals surface area contributed by atoms with Crippen molar-refractivity contribution in [2.75, 3.05) is 0 Å². The van der Waals surface area contributed by atoms with Gasteiger partial charge in [-0.2, -0.15) is 5.26 Å². The minimum absolute atomic E-state index is 0.0571. The molecule has 0 spiro atoms. The monoisotopic (exact) mass is 272 g/mol. The average Bonchev–Trinajstić information content (AvgIpc) is 2.45. The molecule has 1 aromatic heterocycles. The van der Waals surface area contributed by atoms with Gasteiger partial charge in [0, 0.05) is 6.20 Å². The number of hydrogen-bond donors (Lipinski definition) is 1. The fourth-order valence-electron chi connectivity index (χ4n) is 1.60. The normalized spacial score (nSPS) is 9.80. The van der Waals surface area contributed by atoms with E-state index in [0.29, 0.717) is 5.56 Å². The minimum Gasteiger partial charge on any atom is -0.485 e. The van der Waals surface area contributed by atoms with Gasteiger partial charge in [0.05, 0.1) is 0 Å². The summed E-state index contributed by atoms with van der Waals surface area (Å²) in [6.07, 6.45) is 1.43. The van der Waals surface area contributed by atoms with Crippen LogP contribution in [0.3, 0.4) is 0 Å². The van der Waals surface area contributed by atoms with Gasteiger partial charge in [-0.25, -0.2) is 14.2 Å². The average molecular weight is 272 g/mol. The Morgan fingerprint density at radius 3 is 2.95 bits per heavy atom. The van der Waals surface area contributed by atoms with Gasteiger partial charge in [0.25, 0.3) is 0 Å².